The van der Waals surface area contributed by atoms with Gasteiger partial charge in [0.25, 0.3) is 5.91 Å². The van der Waals surface area contributed by atoms with Gasteiger partial charge in [-0.1, -0.05) is 31.2 Å². The van der Waals surface area contributed by atoms with E-state index in [1.54, 1.807) is 24.3 Å². The zero-order valence-electron chi connectivity index (χ0n) is 17.9. The van der Waals surface area contributed by atoms with Crippen molar-refractivity contribution < 1.29 is 19.1 Å². The molecule has 1 fully saturated rings. The first-order chi connectivity index (χ1) is 15.1. The standard InChI is InChI=1S/C24H29N3O4/c1-2-18-5-3-6-19(15-18)16-25-13-4-14-26-22(28)17-31-21-9-7-20(8-10-21)27-23(29)11-12-24(27)30/h3,5-10,15,25H,2,4,11-14,16-17H2,1H3,(H,26,28). The van der Waals surface area contributed by atoms with Gasteiger partial charge in [0, 0.05) is 25.9 Å². The smallest absolute Gasteiger partial charge is 0.257 e. The number of hydrogen-bond acceptors (Lipinski definition) is 5. The van der Waals surface area contributed by atoms with Crippen molar-refractivity contribution in [3.05, 3.63) is 59.7 Å². The molecule has 0 bridgehead atoms. The van der Waals surface area contributed by atoms with Crippen molar-refractivity contribution in [1.29, 1.82) is 0 Å². The molecular formula is C24H29N3O4. The molecule has 3 rings (SSSR count). The van der Waals surface area contributed by atoms with Gasteiger partial charge in [-0.05, 0) is 54.8 Å². The molecule has 0 aromatic heterocycles. The van der Waals surface area contributed by atoms with Crippen molar-refractivity contribution >= 4 is 23.4 Å². The van der Waals surface area contributed by atoms with E-state index in [0.717, 1.165) is 25.9 Å². The number of benzene rings is 2. The average molecular weight is 424 g/mol. The number of hydrogen-bond donors (Lipinski definition) is 2. The van der Waals surface area contributed by atoms with Gasteiger partial charge >= 0.3 is 0 Å². The lowest BCUT2D eigenvalue weighted by atomic mass is 10.1. The number of aryl methyl sites for hydroxylation is 1. The monoisotopic (exact) mass is 423 g/mol. The normalized spacial score (nSPS) is 13.5. The quantitative estimate of drug-likeness (QED) is 0.428. The Balaban J connectivity index is 1.29. The van der Waals surface area contributed by atoms with Crippen LogP contribution >= 0.6 is 0 Å². The van der Waals surface area contributed by atoms with Crippen LogP contribution in [0.1, 0.15) is 37.3 Å². The Labute approximate surface area is 182 Å². The predicted molar refractivity (Wildman–Crippen MR) is 119 cm³/mol. The highest BCUT2D eigenvalue weighted by molar-refractivity contribution is 6.19. The number of rotatable bonds is 11. The molecule has 0 unspecified atom stereocenters. The van der Waals surface area contributed by atoms with Crippen LogP contribution in [0, 0.1) is 0 Å². The van der Waals surface area contributed by atoms with E-state index in [9.17, 15) is 14.4 Å². The minimum absolute atomic E-state index is 0.0852. The van der Waals surface area contributed by atoms with Gasteiger partial charge in [-0.2, -0.15) is 0 Å². The molecule has 164 valence electrons. The third kappa shape index (κ3) is 6.65. The molecule has 1 heterocycles. The Morgan fingerprint density at radius 3 is 2.42 bits per heavy atom. The summed E-state index contributed by atoms with van der Waals surface area (Å²) in [6, 6.07) is 15.1. The predicted octanol–water partition coefficient (Wildman–Crippen LogP) is 2.58. The van der Waals surface area contributed by atoms with Gasteiger partial charge in [0.1, 0.15) is 5.75 Å². The molecule has 31 heavy (non-hydrogen) atoms. The summed E-state index contributed by atoms with van der Waals surface area (Å²) in [6.45, 7) is 4.26. The molecule has 2 aromatic rings. The van der Waals surface area contributed by atoms with E-state index in [1.807, 2.05) is 0 Å². The Bertz CT molecular complexity index is 895. The molecule has 0 atom stereocenters. The lowest BCUT2D eigenvalue weighted by Crippen LogP contribution is -2.31. The van der Waals surface area contributed by atoms with Crippen LogP contribution in [0.15, 0.2) is 48.5 Å². The second kappa shape index (κ2) is 11.3. The van der Waals surface area contributed by atoms with Crippen LogP contribution in [0.5, 0.6) is 5.75 Å². The topological polar surface area (TPSA) is 87.7 Å². The zero-order valence-corrected chi connectivity index (χ0v) is 17.9. The number of nitrogens with zero attached hydrogens (tertiary/aromatic N) is 1. The molecule has 0 aliphatic carbocycles. The summed E-state index contributed by atoms with van der Waals surface area (Å²) in [5.74, 6) is -0.0670. The maximum atomic E-state index is 11.9. The SMILES string of the molecule is CCc1cccc(CNCCCNC(=O)COc2ccc(N3C(=O)CCC3=O)cc2)c1. The number of carbonyl (C=O) groups excluding carboxylic acids is 3. The molecule has 1 saturated heterocycles. The molecule has 7 nitrogen and oxygen atoms in total. The molecule has 1 aliphatic rings. The largest absolute Gasteiger partial charge is 0.484 e. The first kappa shape index (κ1) is 22.5. The van der Waals surface area contributed by atoms with E-state index in [1.165, 1.54) is 16.0 Å². The van der Waals surface area contributed by atoms with E-state index in [-0.39, 0.29) is 37.2 Å². The summed E-state index contributed by atoms with van der Waals surface area (Å²) in [6.07, 6.45) is 2.35. The maximum absolute atomic E-state index is 11.9. The third-order valence-electron chi connectivity index (χ3n) is 5.10. The second-order valence-electron chi connectivity index (χ2n) is 7.46. The summed E-state index contributed by atoms with van der Waals surface area (Å²) in [7, 11) is 0. The van der Waals surface area contributed by atoms with E-state index < -0.39 is 0 Å². The summed E-state index contributed by atoms with van der Waals surface area (Å²) in [5.41, 5.74) is 3.12. The van der Waals surface area contributed by atoms with E-state index in [2.05, 4.69) is 41.8 Å². The van der Waals surface area contributed by atoms with Gasteiger partial charge in [0.15, 0.2) is 6.61 Å². The van der Waals surface area contributed by atoms with Crippen LogP contribution in [-0.4, -0.2) is 37.4 Å². The first-order valence-electron chi connectivity index (χ1n) is 10.7. The molecule has 0 spiro atoms. The minimum Gasteiger partial charge on any atom is -0.484 e. The fourth-order valence-electron chi connectivity index (χ4n) is 3.39. The van der Waals surface area contributed by atoms with E-state index in [0.29, 0.717) is 18.0 Å². The summed E-state index contributed by atoms with van der Waals surface area (Å²) < 4.78 is 5.48. The fraction of sp³-hybridized carbons (Fsp3) is 0.375. The van der Waals surface area contributed by atoms with Crippen molar-refractivity contribution in [2.24, 2.45) is 0 Å². The van der Waals surface area contributed by atoms with Crippen molar-refractivity contribution in [3.63, 3.8) is 0 Å². The number of anilines is 1. The molecule has 3 amide bonds. The van der Waals surface area contributed by atoms with Crippen LogP contribution in [0.25, 0.3) is 0 Å². The number of ether oxygens (including phenoxy) is 1. The van der Waals surface area contributed by atoms with E-state index >= 15 is 0 Å². The van der Waals surface area contributed by atoms with Gasteiger partial charge in [0.2, 0.25) is 11.8 Å². The summed E-state index contributed by atoms with van der Waals surface area (Å²) in [5, 5.41) is 6.22. The molecule has 2 N–H and O–H groups in total. The van der Waals surface area contributed by atoms with Crippen LogP contribution in [0.3, 0.4) is 0 Å². The van der Waals surface area contributed by atoms with Gasteiger partial charge in [-0.15, -0.1) is 0 Å². The molecule has 7 heteroatoms. The number of nitrogens with one attached hydrogen (secondary N) is 2. The maximum Gasteiger partial charge on any atom is 0.257 e. The van der Waals surface area contributed by atoms with Gasteiger partial charge in [-0.3, -0.25) is 19.3 Å². The fourth-order valence-corrected chi connectivity index (χ4v) is 3.39. The van der Waals surface area contributed by atoms with Crippen LogP contribution in [0.2, 0.25) is 0 Å². The van der Waals surface area contributed by atoms with Crippen molar-refractivity contribution in [1.82, 2.24) is 10.6 Å². The van der Waals surface area contributed by atoms with Crippen molar-refractivity contribution in [2.75, 3.05) is 24.6 Å². The Hall–Kier alpha value is -3.19. The Kier molecular flexibility index (Phi) is 8.18. The highest BCUT2D eigenvalue weighted by Gasteiger charge is 2.30. The van der Waals surface area contributed by atoms with Crippen LogP contribution in [0.4, 0.5) is 5.69 Å². The summed E-state index contributed by atoms with van der Waals surface area (Å²) >= 11 is 0. The van der Waals surface area contributed by atoms with Crippen LogP contribution in [-0.2, 0) is 27.3 Å². The number of carbonyl (C=O) groups is 3. The third-order valence-corrected chi connectivity index (χ3v) is 5.10. The van der Waals surface area contributed by atoms with Crippen LogP contribution < -0.4 is 20.3 Å². The van der Waals surface area contributed by atoms with Crippen molar-refractivity contribution in [2.45, 2.75) is 39.2 Å². The minimum atomic E-state index is -0.193. The molecular weight excluding hydrogens is 394 g/mol. The molecule has 0 radical (unpaired) electrons. The first-order valence-corrected chi connectivity index (χ1v) is 10.7. The second-order valence-corrected chi connectivity index (χ2v) is 7.46. The van der Waals surface area contributed by atoms with Gasteiger partial charge < -0.3 is 15.4 Å². The summed E-state index contributed by atoms with van der Waals surface area (Å²) in [4.78, 5) is 36.7. The molecule has 0 saturated carbocycles. The van der Waals surface area contributed by atoms with Gasteiger partial charge in [-0.25, -0.2) is 0 Å². The highest BCUT2D eigenvalue weighted by atomic mass is 16.5. The van der Waals surface area contributed by atoms with E-state index in [4.69, 9.17) is 4.74 Å². The number of imide groups is 1. The lowest BCUT2D eigenvalue weighted by Gasteiger charge is -2.14. The number of amides is 3. The van der Waals surface area contributed by atoms with Gasteiger partial charge in [0.05, 0.1) is 5.69 Å². The van der Waals surface area contributed by atoms with Crippen molar-refractivity contribution in [3.8, 4) is 5.75 Å². The Morgan fingerprint density at radius 1 is 1.00 bits per heavy atom. The molecule has 2 aromatic carbocycles. The zero-order chi connectivity index (χ0) is 22.1. The highest BCUT2D eigenvalue weighted by Crippen LogP contribution is 2.24. The average Bonchev–Trinajstić information content (AvgIpc) is 3.13. The molecule has 1 aliphatic heterocycles. The lowest BCUT2D eigenvalue weighted by molar-refractivity contribution is -0.123. The Morgan fingerprint density at radius 2 is 1.71 bits per heavy atom.